The van der Waals surface area contributed by atoms with Gasteiger partial charge in [-0.1, -0.05) is 80.6 Å². The van der Waals surface area contributed by atoms with Gasteiger partial charge in [0.1, 0.15) is 5.75 Å². The van der Waals surface area contributed by atoms with Crippen molar-refractivity contribution in [2.75, 3.05) is 20.2 Å². The summed E-state index contributed by atoms with van der Waals surface area (Å²) < 4.78 is 6.06. The molecule has 2 rings (SSSR count). The van der Waals surface area contributed by atoms with Crippen LogP contribution < -0.4 is 10.5 Å². The lowest BCUT2D eigenvalue weighted by molar-refractivity contribution is -0.130. The van der Waals surface area contributed by atoms with Crippen molar-refractivity contribution < 1.29 is 9.53 Å². The van der Waals surface area contributed by atoms with Crippen LogP contribution in [0.3, 0.4) is 0 Å². The molecule has 4 nitrogen and oxygen atoms in total. The van der Waals surface area contributed by atoms with Gasteiger partial charge in [0.15, 0.2) is 0 Å². The van der Waals surface area contributed by atoms with E-state index in [4.69, 9.17) is 10.5 Å². The number of carbonyl (C=O) groups excluding carboxylic acids is 1. The average molecular weight is 439 g/mol. The molecule has 176 valence electrons. The van der Waals surface area contributed by atoms with Crippen molar-refractivity contribution in [2.24, 2.45) is 5.73 Å². The lowest BCUT2D eigenvalue weighted by Crippen LogP contribution is -2.26. The van der Waals surface area contributed by atoms with Gasteiger partial charge in [-0.25, -0.2) is 0 Å². The third-order valence-electron chi connectivity index (χ3n) is 5.86. The highest BCUT2D eigenvalue weighted by atomic mass is 16.5. The molecule has 2 N–H and O–H groups in total. The zero-order chi connectivity index (χ0) is 22.9. The van der Waals surface area contributed by atoms with Crippen LogP contribution in [-0.2, 0) is 17.8 Å². The summed E-state index contributed by atoms with van der Waals surface area (Å²) >= 11 is 0. The molecule has 2 aromatic rings. The Morgan fingerprint density at radius 2 is 1.47 bits per heavy atom. The fourth-order valence-electron chi connectivity index (χ4n) is 3.87. The molecule has 0 radical (unpaired) electrons. The first-order valence-corrected chi connectivity index (χ1v) is 12.4. The van der Waals surface area contributed by atoms with E-state index in [1.807, 2.05) is 25.2 Å². The summed E-state index contributed by atoms with van der Waals surface area (Å²) in [6.07, 6.45) is 12.1. The molecule has 0 aliphatic heterocycles. The number of ether oxygens (including phenoxy) is 1. The molecule has 0 aromatic heterocycles. The minimum Gasteiger partial charge on any atom is -0.493 e. The van der Waals surface area contributed by atoms with E-state index < -0.39 is 0 Å². The number of nitrogens with zero attached hydrogens (tertiary/aromatic N) is 1. The largest absolute Gasteiger partial charge is 0.493 e. The van der Waals surface area contributed by atoms with Crippen LogP contribution in [0.4, 0.5) is 0 Å². The van der Waals surface area contributed by atoms with Crippen molar-refractivity contribution in [1.82, 2.24) is 4.90 Å². The Bertz CT molecular complexity index is 748. The molecule has 2 aromatic carbocycles. The number of hydrogen-bond donors (Lipinski definition) is 1. The molecule has 0 unspecified atom stereocenters. The maximum Gasteiger partial charge on any atom is 0.222 e. The first-order valence-electron chi connectivity index (χ1n) is 12.4. The van der Waals surface area contributed by atoms with Crippen LogP contribution in [0.15, 0.2) is 54.6 Å². The number of hydrogen-bond acceptors (Lipinski definition) is 3. The van der Waals surface area contributed by atoms with Gasteiger partial charge in [0.2, 0.25) is 5.91 Å². The van der Waals surface area contributed by atoms with E-state index in [-0.39, 0.29) is 5.91 Å². The van der Waals surface area contributed by atoms with Crippen molar-refractivity contribution in [1.29, 1.82) is 0 Å². The van der Waals surface area contributed by atoms with E-state index in [2.05, 4.69) is 36.4 Å². The van der Waals surface area contributed by atoms with Crippen molar-refractivity contribution in [2.45, 2.75) is 77.2 Å². The van der Waals surface area contributed by atoms with Crippen molar-refractivity contribution >= 4 is 5.91 Å². The summed E-state index contributed by atoms with van der Waals surface area (Å²) in [5.74, 6) is 1.09. The second-order valence-corrected chi connectivity index (χ2v) is 8.66. The normalized spacial score (nSPS) is 10.8. The van der Waals surface area contributed by atoms with E-state index in [0.29, 0.717) is 19.5 Å². The van der Waals surface area contributed by atoms with Crippen molar-refractivity contribution in [3.63, 3.8) is 0 Å². The van der Waals surface area contributed by atoms with Crippen LogP contribution in [0, 0.1) is 0 Å². The predicted molar refractivity (Wildman–Crippen MR) is 134 cm³/mol. The van der Waals surface area contributed by atoms with Gasteiger partial charge in [-0.2, -0.15) is 0 Å². The Morgan fingerprint density at radius 1 is 0.812 bits per heavy atom. The number of nitrogens with two attached hydrogens (primary N) is 1. The van der Waals surface area contributed by atoms with E-state index in [9.17, 15) is 4.79 Å². The standard InChI is InChI=1S/C28H42N2O2/c1-30(28(31)21-11-7-14-22-29)24-26-19-12-13-20-27(26)32-23-15-5-3-2-4-8-16-25-17-9-6-10-18-25/h6,9-10,12-13,17-20H,2-5,7-8,11,14-16,21-24,29H2,1H3. The molecule has 0 saturated heterocycles. The molecule has 1 amide bonds. The number of amides is 1. The van der Waals surface area contributed by atoms with Gasteiger partial charge in [0.25, 0.3) is 0 Å². The highest BCUT2D eigenvalue weighted by Crippen LogP contribution is 2.21. The van der Waals surface area contributed by atoms with E-state index >= 15 is 0 Å². The Labute approximate surface area is 195 Å². The zero-order valence-corrected chi connectivity index (χ0v) is 19.9. The number of para-hydroxylation sites is 1. The first kappa shape index (κ1) is 25.9. The van der Waals surface area contributed by atoms with Gasteiger partial charge < -0.3 is 15.4 Å². The molecule has 0 bridgehead atoms. The summed E-state index contributed by atoms with van der Waals surface area (Å²) in [5.41, 5.74) is 8.04. The number of benzene rings is 2. The Kier molecular flexibility index (Phi) is 13.2. The minimum atomic E-state index is 0.184. The number of unbranched alkanes of at least 4 members (excludes halogenated alkanes) is 7. The average Bonchev–Trinajstić information content (AvgIpc) is 2.82. The van der Waals surface area contributed by atoms with Gasteiger partial charge in [0.05, 0.1) is 6.61 Å². The molecule has 0 aliphatic rings. The van der Waals surface area contributed by atoms with Crippen LogP contribution in [0.1, 0.15) is 75.3 Å². The maximum absolute atomic E-state index is 12.4. The second kappa shape index (κ2) is 16.3. The summed E-state index contributed by atoms with van der Waals surface area (Å²) in [7, 11) is 1.87. The highest BCUT2D eigenvalue weighted by Gasteiger charge is 2.12. The number of carbonyl (C=O) groups is 1. The summed E-state index contributed by atoms with van der Waals surface area (Å²) in [5, 5.41) is 0. The van der Waals surface area contributed by atoms with Gasteiger partial charge in [-0.3, -0.25) is 4.79 Å². The van der Waals surface area contributed by atoms with Crippen LogP contribution in [0.2, 0.25) is 0 Å². The first-order chi connectivity index (χ1) is 15.7. The summed E-state index contributed by atoms with van der Waals surface area (Å²) in [6, 6.07) is 18.8. The van der Waals surface area contributed by atoms with Crippen LogP contribution in [0.25, 0.3) is 0 Å². The lowest BCUT2D eigenvalue weighted by atomic mass is 10.1. The Balaban J connectivity index is 1.58. The molecule has 0 fully saturated rings. The van der Waals surface area contributed by atoms with E-state index in [1.165, 1.54) is 44.1 Å². The summed E-state index contributed by atoms with van der Waals surface area (Å²) in [6.45, 7) is 2.02. The molecule has 0 spiro atoms. The molecule has 0 atom stereocenters. The summed E-state index contributed by atoms with van der Waals surface area (Å²) in [4.78, 5) is 14.2. The molecule has 4 heteroatoms. The fraction of sp³-hybridized carbons (Fsp3) is 0.536. The van der Waals surface area contributed by atoms with Crippen LogP contribution in [0.5, 0.6) is 5.75 Å². The topological polar surface area (TPSA) is 55.6 Å². The smallest absolute Gasteiger partial charge is 0.222 e. The Hall–Kier alpha value is -2.33. The third-order valence-corrected chi connectivity index (χ3v) is 5.86. The molecular weight excluding hydrogens is 396 g/mol. The van der Waals surface area contributed by atoms with E-state index in [0.717, 1.165) is 43.6 Å². The van der Waals surface area contributed by atoms with Gasteiger partial charge >= 0.3 is 0 Å². The highest BCUT2D eigenvalue weighted by molar-refractivity contribution is 5.75. The molecule has 0 heterocycles. The van der Waals surface area contributed by atoms with E-state index in [1.54, 1.807) is 4.90 Å². The van der Waals surface area contributed by atoms with Crippen LogP contribution >= 0.6 is 0 Å². The van der Waals surface area contributed by atoms with Gasteiger partial charge in [-0.15, -0.1) is 0 Å². The number of aryl methyl sites for hydroxylation is 1. The molecule has 32 heavy (non-hydrogen) atoms. The van der Waals surface area contributed by atoms with Gasteiger partial charge in [0, 0.05) is 25.6 Å². The number of rotatable bonds is 17. The zero-order valence-electron chi connectivity index (χ0n) is 19.9. The van der Waals surface area contributed by atoms with Gasteiger partial charge in [-0.05, 0) is 50.3 Å². The molecular formula is C28H42N2O2. The minimum absolute atomic E-state index is 0.184. The monoisotopic (exact) mass is 438 g/mol. The lowest BCUT2D eigenvalue weighted by Gasteiger charge is -2.19. The Morgan fingerprint density at radius 3 is 2.25 bits per heavy atom. The predicted octanol–water partition coefficient (Wildman–Crippen LogP) is 6.13. The quantitative estimate of drug-likeness (QED) is 0.302. The van der Waals surface area contributed by atoms with Crippen molar-refractivity contribution in [3.05, 3.63) is 65.7 Å². The third kappa shape index (κ3) is 10.8. The molecule has 0 saturated carbocycles. The SMILES string of the molecule is CN(Cc1ccccc1OCCCCCCCCc1ccccc1)C(=O)CCCCCN. The van der Waals surface area contributed by atoms with Crippen LogP contribution in [-0.4, -0.2) is 31.0 Å². The maximum atomic E-state index is 12.4. The fourth-order valence-corrected chi connectivity index (χ4v) is 3.87. The molecule has 0 aliphatic carbocycles. The van der Waals surface area contributed by atoms with Crippen molar-refractivity contribution in [3.8, 4) is 5.75 Å². The second-order valence-electron chi connectivity index (χ2n) is 8.66.